The van der Waals surface area contributed by atoms with Crippen molar-refractivity contribution < 1.29 is 4.79 Å². The molecular formula is C37H66O. The minimum absolute atomic E-state index is 0.560. The molecule has 1 heteroatoms. The number of rotatable bonds is 14. The van der Waals surface area contributed by atoms with Gasteiger partial charge in [-0.25, -0.2) is 0 Å². The van der Waals surface area contributed by atoms with E-state index >= 15 is 0 Å². The van der Waals surface area contributed by atoms with Crippen LogP contribution >= 0.6 is 0 Å². The van der Waals surface area contributed by atoms with Gasteiger partial charge < -0.3 is 0 Å². The lowest BCUT2D eigenvalue weighted by atomic mass is 9.44. The SMILES string of the molecule is CCCCCCCCC(=O)C[C@H]1CC[C@@]2(C)C(CC[C@H]3[C@@H]4CC[C@H]([C@H](C)CCCC(C)C)[C@@]4(C)CC[C@@H]32)C1. The summed E-state index contributed by atoms with van der Waals surface area (Å²) in [6, 6.07) is 0. The van der Waals surface area contributed by atoms with E-state index in [0.29, 0.717) is 22.5 Å². The van der Waals surface area contributed by atoms with Gasteiger partial charge in [-0.2, -0.15) is 0 Å². The molecular weight excluding hydrogens is 460 g/mol. The quantitative estimate of drug-likeness (QED) is 0.206. The molecule has 0 aromatic heterocycles. The molecule has 0 aromatic rings. The zero-order valence-corrected chi connectivity index (χ0v) is 26.7. The Morgan fingerprint density at radius 2 is 1.47 bits per heavy atom. The Morgan fingerprint density at radius 3 is 2.24 bits per heavy atom. The van der Waals surface area contributed by atoms with Crippen LogP contribution in [-0.4, -0.2) is 5.78 Å². The molecule has 220 valence electrons. The predicted molar refractivity (Wildman–Crippen MR) is 164 cm³/mol. The molecule has 0 spiro atoms. The number of carbonyl (C=O) groups is 1. The van der Waals surface area contributed by atoms with Crippen LogP contribution in [0.25, 0.3) is 0 Å². The third-order valence-electron chi connectivity index (χ3n) is 13.3. The van der Waals surface area contributed by atoms with Crippen LogP contribution in [0.3, 0.4) is 0 Å². The molecule has 0 N–H and O–H groups in total. The van der Waals surface area contributed by atoms with Gasteiger partial charge in [0.05, 0.1) is 0 Å². The van der Waals surface area contributed by atoms with E-state index in [2.05, 4.69) is 41.5 Å². The van der Waals surface area contributed by atoms with Gasteiger partial charge in [0, 0.05) is 12.8 Å². The van der Waals surface area contributed by atoms with Gasteiger partial charge in [0.15, 0.2) is 0 Å². The molecule has 4 saturated carbocycles. The Hall–Kier alpha value is -0.330. The molecule has 4 aliphatic carbocycles. The van der Waals surface area contributed by atoms with E-state index in [1.807, 2.05) is 0 Å². The first kappa shape index (κ1) is 30.6. The molecule has 4 aliphatic rings. The van der Waals surface area contributed by atoms with Crippen molar-refractivity contribution in [2.75, 3.05) is 0 Å². The number of carbonyl (C=O) groups excluding carboxylic acids is 1. The first-order valence-electron chi connectivity index (χ1n) is 17.7. The number of hydrogen-bond acceptors (Lipinski definition) is 1. The van der Waals surface area contributed by atoms with Gasteiger partial charge in [-0.3, -0.25) is 4.79 Å². The van der Waals surface area contributed by atoms with E-state index in [1.165, 1.54) is 109 Å². The lowest BCUT2D eigenvalue weighted by molar-refractivity contribution is -0.128. The predicted octanol–water partition coefficient (Wildman–Crippen LogP) is 11.4. The molecule has 0 amide bonds. The first-order chi connectivity index (χ1) is 18.2. The Balaban J connectivity index is 1.28. The highest BCUT2D eigenvalue weighted by molar-refractivity contribution is 5.78. The second-order valence-corrected chi connectivity index (χ2v) is 16.1. The second kappa shape index (κ2) is 13.6. The zero-order valence-electron chi connectivity index (χ0n) is 26.7. The standard InChI is InChI=1S/C37H66O/c1-7-8-9-10-11-12-16-31(38)26-29-21-23-36(5)30(25-29)17-18-32-34-20-19-33(28(4)15-13-14-27(2)3)37(34,6)24-22-35(32)36/h27-30,32-35H,7-26H2,1-6H3/t28-,29+,30?,32+,33-,34+,35+,36+,37-/m1/s1. The van der Waals surface area contributed by atoms with Crippen molar-refractivity contribution in [2.24, 2.45) is 58.2 Å². The highest BCUT2D eigenvalue weighted by atomic mass is 16.1. The normalized spacial score (nSPS) is 39.4. The van der Waals surface area contributed by atoms with Crippen LogP contribution in [0.4, 0.5) is 0 Å². The summed E-state index contributed by atoms with van der Waals surface area (Å²) in [4.78, 5) is 12.8. The summed E-state index contributed by atoms with van der Waals surface area (Å²) in [5, 5.41) is 0. The van der Waals surface area contributed by atoms with E-state index in [0.717, 1.165) is 60.7 Å². The Morgan fingerprint density at radius 1 is 0.763 bits per heavy atom. The monoisotopic (exact) mass is 527 g/mol. The van der Waals surface area contributed by atoms with Crippen LogP contribution in [0.2, 0.25) is 0 Å². The van der Waals surface area contributed by atoms with Gasteiger partial charge in [0.25, 0.3) is 0 Å². The molecule has 0 radical (unpaired) electrons. The van der Waals surface area contributed by atoms with Crippen LogP contribution in [0.15, 0.2) is 0 Å². The molecule has 0 aromatic carbocycles. The molecule has 4 fully saturated rings. The van der Waals surface area contributed by atoms with Gasteiger partial charge >= 0.3 is 0 Å². The van der Waals surface area contributed by atoms with Crippen molar-refractivity contribution in [3.8, 4) is 0 Å². The summed E-state index contributed by atoms with van der Waals surface area (Å²) in [5.74, 6) is 7.85. The van der Waals surface area contributed by atoms with E-state index in [1.54, 1.807) is 0 Å². The molecule has 1 nitrogen and oxygen atoms in total. The fourth-order valence-corrected chi connectivity index (χ4v) is 11.1. The molecule has 0 saturated heterocycles. The number of ketones is 1. The lowest BCUT2D eigenvalue weighted by Gasteiger charge is -2.61. The first-order valence-corrected chi connectivity index (χ1v) is 17.7. The number of unbranched alkanes of at least 4 members (excludes halogenated alkanes) is 5. The fraction of sp³-hybridized carbons (Fsp3) is 0.973. The Kier molecular flexibility index (Phi) is 10.9. The molecule has 0 bridgehead atoms. The van der Waals surface area contributed by atoms with E-state index < -0.39 is 0 Å². The number of hydrogen-bond donors (Lipinski definition) is 0. The second-order valence-electron chi connectivity index (χ2n) is 16.1. The van der Waals surface area contributed by atoms with Crippen LogP contribution in [0.1, 0.15) is 170 Å². The maximum Gasteiger partial charge on any atom is 0.133 e. The zero-order chi connectivity index (χ0) is 27.3. The van der Waals surface area contributed by atoms with E-state index in [-0.39, 0.29) is 0 Å². The average Bonchev–Trinajstić information content (AvgIpc) is 3.23. The molecule has 9 atom stereocenters. The van der Waals surface area contributed by atoms with Crippen LogP contribution in [0, 0.1) is 58.2 Å². The molecule has 0 aliphatic heterocycles. The van der Waals surface area contributed by atoms with E-state index in [9.17, 15) is 4.79 Å². The van der Waals surface area contributed by atoms with Crippen molar-refractivity contribution >= 4 is 5.78 Å². The summed E-state index contributed by atoms with van der Waals surface area (Å²) in [7, 11) is 0. The largest absolute Gasteiger partial charge is 0.300 e. The maximum atomic E-state index is 12.8. The highest BCUT2D eigenvalue weighted by Gasteiger charge is 2.60. The van der Waals surface area contributed by atoms with Crippen LogP contribution in [0.5, 0.6) is 0 Å². The summed E-state index contributed by atoms with van der Waals surface area (Å²) in [5.41, 5.74) is 1.17. The van der Waals surface area contributed by atoms with Gasteiger partial charge in [-0.05, 0) is 122 Å². The molecule has 4 rings (SSSR count). The van der Waals surface area contributed by atoms with Crippen LogP contribution < -0.4 is 0 Å². The van der Waals surface area contributed by atoms with Crippen molar-refractivity contribution in [3.05, 3.63) is 0 Å². The van der Waals surface area contributed by atoms with Crippen molar-refractivity contribution in [2.45, 2.75) is 170 Å². The molecule has 0 heterocycles. The topological polar surface area (TPSA) is 17.1 Å². The smallest absolute Gasteiger partial charge is 0.133 e. The van der Waals surface area contributed by atoms with Gasteiger partial charge in [-0.15, -0.1) is 0 Å². The van der Waals surface area contributed by atoms with Crippen molar-refractivity contribution in [1.82, 2.24) is 0 Å². The molecule has 1 unspecified atom stereocenters. The summed E-state index contributed by atoms with van der Waals surface area (Å²) < 4.78 is 0. The van der Waals surface area contributed by atoms with Crippen molar-refractivity contribution in [3.63, 3.8) is 0 Å². The summed E-state index contributed by atoms with van der Waals surface area (Å²) in [6.45, 7) is 15.1. The lowest BCUT2D eigenvalue weighted by Crippen LogP contribution is -2.53. The fourth-order valence-electron chi connectivity index (χ4n) is 11.1. The van der Waals surface area contributed by atoms with Crippen LogP contribution in [-0.2, 0) is 4.79 Å². The summed E-state index contributed by atoms with van der Waals surface area (Å²) in [6.07, 6.45) is 26.9. The van der Waals surface area contributed by atoms with Gasteiger partial charge in [0.2, 0.25) is 0 Å². The van der Waals surface area contributed by atoms with E-state index in [4.69, 9.17) is 0 Å². The summed E-state index contributed by atoms with van der Waals surface area (Å²) >= 11 is 0. The third kappa shape index (κ3) is 6.75. The Labute approximate surface area is 238 Å². The van der Waals surface area contributed by atoms with Gasteiger partial charge in [0.1, 0.15) is 5.78 Å². The number of Topliss-reactive ketones (excluding diaryl/α,β-unsaturated/α-hetero) is 1. The maximum absolute atomic E-state index is 12.8. The Bertz CT molecular complexity index is 739. The minimum Gasteiger partial charge on any atom is -0.300 e. The third-order valence-corrected chi connectivity index (χ3v) is 13.3. The average molecular weight is 527 g/mol. The van der Waals surface area contributed by atoms with Crippen molar-refractivity contribution in [1.29, 1.82) is 0 Å². The highest BCUT2D eigenvalue weighted by Crippen LogP contribution is 2.68. The molecule has 38 heavy (non-hydrogen) atoms. The minimum atomic E-state index is 0.560. The van der Waals surface area contributed by atoms with Gasteiger partial charge in [-0.1, -0.05) is 92.9 Å². The number of fused-ring (bicyclic) bond motifs is 5.